The first kappa shape index (κ1) is 18.1. The summed E-state index contributed by atoms with van der Waals surface area (Å²) in [6, 6.07) is 8.96. The molecule has 0 bridgehead atoms. The van der Waals surface area contributed by atoms with Crippen LogP contribution in [-0.2, 0) is 25.7 Å². The highest BCUT2D eigenvalue weighted by atomic mass is 19.3. The topological polar surface area (TPSA) is 52.6 Å². The average Bonchev–Trinajstić information content (AvgIpc) is 2.52. The SMILES string of the molecule is CCC(F)(F)C[C@H](CC(=O)OCc1ccccc1)C(=O)OC. The van der Waals surface area contributed by atoms with Gasteiger partial charge >= 0.3 is 11.9 Å². The van der Waals surface area contributed by atoms with Crippen LogP contribution in [0.4, 0.5) is 8.78 Å². The lowest BCUT2D eigenvalue weighted by Gasteiger charge is -2.20. The van der Waals surface area contributed by atoms with Crippen LogP contribution < -0.4 is 0 Å². The maximum Gasteiger partial charge on any atom is 0.309 e. The van der Waals surface area contributed by atoms with E-state index in [1.54, 1.807) is 24.3 Å². The second-order valence-electron chi connectivity index (χ2n) is 4.98. The number of ether oxygens (including phenoxy) is 2. The van der Waals surface area contributed by atoms with Crippen LogP contribution >= 0.6 is 0 Å². The van der Waals surface area contributed by atoms with Gasteiger partial charge in [-0.25, -0.2) is 8.78 Å². The Labute approximate surface area is 128 Å². The number of carbonyl (C=O) groups excluding carboxylic acids is 2. The molecule has 1 rings (SSSR count). The summed E-state index contributed by atoms with van der Waals surface area (Å²) in [5, 5.41) is 0. The van der Waals surface area contributed by atoms with Crippen LogP contribution in [0.15, 0.2) is 30.3 Å². The standard InChI is InChI=1S/C16H20F2O4/c1-3-16(17,18)10-13(15(20)21-2)9-14(19)22-11-12-7-5-4-6-8-12/h4-8,13H,3,9-11H2,1-2H3/t13-/m0/s1. The van der Waals surface area contributed by atoms with Crippen LogP contribution in [0.5, 0.6) is 0 Å². The van der Waals surface area contributed by atoms with Crippen LogP contribution in [0.2, 0.25) is 0 Å². The van der Waals surface area contributed by atoms with Gasteiger partial charge in [-0.3, -0.25) is 9.59 Å². The molecule has 122 valence electrons. The summed E-state index contributed by atoms with van der Waals surface area (Å²) in [5.74, 6) is -5.75. The van der Waals surface area contributed by atoms with E-state index in [4.69, 9.17) is 4.74 Å². The molecule has 0 unspecified atom stereocenters. The molecule has 1 aromatic rings. The van der Waals surface area contributed by atoms with Crippen LogP contribution in [-0.4, -0.2) is 25.0 Å². The van der Waals surface area contributed by atoms with E-state index in [1.807, 2.05) is 6.07 Å². The van der Waals surface area contributed by atoms with Crippen LogP contribution in [0, 0.1) is 5.92 Å². The lowest BCUT2D eigenvalue weighted by Crippen LogP contribution is -2.28. The van der Waals surface area contributed by atoms with Crippen molar-refractivity contribution in [3.05, 3.63) is 35.9 Å². The monoisotopic (exact) mass is 314 g/mol. The minimum atomic E-state index is -3.02. The van der Waals surface area contributed by atoms with Gasteiger partial charge in [0.1, 0.15) is 6.61 Å². The normalized spacial score (nSPS) is 12.5. The fraction of sp³-hybridized carbons (Fsp3) is 0.500. The number of carbonyl (C=O) groups is 2. The molecular formula is C16H20F2O4. The van der Waals surface area contributed by atoms with Gasteiger partial charge in [0.2, 0.25) is 5.92 Å². The Bertz CT molecular complexity index is 488. The highest BCUT2D eigenvalue weighted by Crippen LogP contribution is 2.29. The van der Waals surface area contributed by atoms with Crippen molar-refractivity contribution in [3.8, 4) is 0 Å². The van der Waals surface area contributed by atoms with Gasteiger partial charge < -0.3 is 9.47 Å². The lowest BCUT2D eigenvalue weighted by molar-refractivity contribution is -0.157. The third kappa shape index (κ3) is 6.20. The molecule has 0 saturated carbocycles. The average molecular weight is 314 g/mol. The smallest absolute Gasteiger partial charge is 0.309 e. The van der Waals surface area contributed by atoms with E-state index in [-0.39, 0.29) is 6.61 Å². The molecule has 1 aromatic carbocycles. The molecule has 0 amide bonds. The predicted octanol–water partition coefficient (Wildman–Crippen LogP) is 3.34. The van der Waals surface area contributed by atoms with Crippen molar-refractivity contribution in [3.63, 3.8) is 0 Å². The van der Waals surface area contributed by atoms with Gasteiger partial charge in [0.25, 0.3) is 0 Å². The van der Waals surface area contributed by atoms with Crippen molar-refractivity contribution < 1.29 is 27.8 Å². The number of halogens is 2. The zero-order valence-corrected chi connectivity index (χ0v) is 12.7. The van der Waals surface area contributed by atoms with Crippen molar-refractivity contribution >= 4 is 11.9 Å². The summed E-state index contributed by atoms with van der Waals surface area (Å²) in [6.45, 7) is 1.36. The van der Waals surface area contributed by atoms with E-state index < -0.39 is 43.0 Å². The number of esters is 2. The van der Waals surface area contributed by atoms with Gasteiger partial charge in [-0.15, -0.1) is 0 Å². The number of benzene rings is 1. The maximum atomic E-state index is 13.4. The molecule has 1 atom stereocenters. The van der Waals surface area contributed by atoms with Gasteiger partial charge in [-0.05, 0) is 5.56 Å². The zero-order valence-electron chi connectivity index (χ0n) is 12.7. The van der Waals surface area contributed by atoms with Crippen molar-refractivity contribution in [1.29, 1.82) is 0 Å². The summed E-state index contributed by atoms with van der Waals surface area (Å²) in [4.78, 5) is 23.3. The Morgan fingerprint density at radius 2 is 1.86 bits per heavy atom. The largest absolute Gasteiger partial charge is 0.469 e. The van der Waals surface area contributed by atoms with Gasteiger partial charge in [0, 0.05) is 12.8 Å². The van der Waals surface area contributed by atoms with E-state index >= 15 is 0 Å². The van der Waals surface area contributed by atoms with Gasteiger partial charge in [0.15, 0.2) is 0 Å². The zero-order chi connectivity index (χ0) is 16.6. The minimum Gasteiger partial charge on any atom is -0.469 e. The highest BCUT2D eigenvalue weighted by Gasteiger charge is 2.36. The van der Waals surface area contributed by atoms with Crippen LogP contribution in [0.25, 0.3) is 0 Å². The Hall–Kier alpha value is -1.98. The van der Waals surface area contributed by atoms with Crippen LogP contribution in [0.3, 0.4) is 0 Å². The van der Waals surface area contributed by atoms with Gasteiger partial charge in [-0.1, -0.05) is 37.3 Å². The fourth-order valence-electron chi connectivity index (χ4n) is 1.91. The number of hydrogen-bond donors (Lipinski definition) is 0. The van der Waals surface area contributed by atoms with E-state index in [9.17, 15) is 18.4 Å². The van der Waals surface area contributed by atoms with E-state index in [1.165, 1.54) is 6.92 Å². The molecular weight excluding hydrogens is 294 g/mol. The predicted molar refractivity (Wildman–Crippen MR) is 76.2 cm³/mol. The number of methoxy groups -OCH3 is 1. The Morgan fingerprint density at radius 1 is 1.23 bits per heavy atom. The summed E-state index contributed by atoms with van der Waals surface area (Å²) in [7, 11) is 1.11. The van der Waals surface area contributed by atoms with Gasteiger partial charge in [0.05, 0.1) is 19.4 Å². The lowest BCUT2D eigenvalue weighted by atomic mass is 9.96. The molecule has 0 aliphatic carbocycles. The quantitative estimate of drug-likeness (QED) is 0.691. The van der Waals surface area contributed by atoms with Crippen LogP contribution in [0.1, 0.15) is 31.7 Å². The first-order chi connectivity index (χ1) is 10.4. The first-order valence-corrected chi connectivity index (χ1v) is 7.03. The molecule has 0 aliphatic heterocycles. The molecule has 6 heteroatoms. The molecule has 0 aromatic heterocycles. The molecule has 0 radical (unpaired) electrons. The van der Waals surface area contributed by atoms with Crippen molar-refractivity contribution in [2.24, 2.45) is 5.92 Å². The Kier molecular flexibility index (Phi) is 6.95. The second-order valence-corrected chi connectivity index (χ2v) is 4.98. The molecule has 0 fully saturated rings. The maximum absolute atomic E-state index is 13.4. The summed E-state index contributed by atoms with van der Waals surface area (Å²) in [6.07, 6.45) is -1.55. The van der Waals surface area contributed by atoms with E-state index in [0.29, 0.717) is 0 Å². The molecule has 0 N–H and O–H groups in total. The van der Waals surface area contributed by atoms with E-state index in [2.05, 4.69) is 4.74 Å². The van der Waals surface area contributed by atoms with Gasteiger partial charge in [-0.2, -0.15) is 0 Å². The number of hydrogen-bond acceptors (Lipinski definition) is 4. The molecule has 0 heterocycles. The number of rotatable bonds is 8. The molecule has 4 nitrogen and oxygen atoms in total. The fourth-order valence-corrected chi connectivity index (χ4v) is 1.91. The summed E-state index contributed by atoms with van der Waals surface area (Å²) >= 11 is 0. The highest BCUT2D eigenvalue weighted by molar-refractivity contribution is 5.79. The van der Waals surface area contributed by atoms with Crippen molar-refractivity contribution in [2.45, 2.75) is 38.7 Å². The number of alkyl halides is 2. The second kappa shape index (κ2) is 8.46. The first-order valence-electron chi connectivity index (χ1n) is 7.03. The molecule has 0 aliphatic rings. The Morgan fingerprint density at radius 3 is 2.41 bits per heavy atom. The molecule has 22 heavy (non-hydrogen) atoms. The summed E-state index contributed by atoms with van der Waals surface area (Å²) < 4.78 is 36.4. The molecule has 0 saturated heterocycles. The Balaban J connectivity index is 2.57. The van der Waals surface area contributed by atoms with Crippen molar-refractivity contribution in [2.75, 3.05) is 7.11 Å². The minimum absolute atomic E-state index is 0.0394. The third-order valence-electron chi connectivity index (χ3n) is 3.25. The molecule has 0 spiro atoms. The summed E-state index contributed by atoms with van der Waals surface area (Å²) in [5.41, 5.74) is 0.782. The van der Waals surface area contributed by atoms with E-state index in [0.717, 1.165) is 12.7 Å². The van der Waals surface area contributed by atoms with Crippen molar-refractivity contribution in [1.82, 2.24) is 0 Å². The third-order valence-corrected chi connectivity index (χ3v) is 3.25.